The lowest BCUT2D eigenvalue weighted by Gasteiger charge is -2.17. The summed E-state index contributed by atoms with van der Waals surface area (Å²) in [7, 11) is 0. The molecule has 1 N–H and O–H groups in total. The molecule has 1 aliphatic heterocycles. The molecule has 10 heteroatoms. The van der Waals surface area contributed by atoms with Crippen molar-refractivity contribution in [2.45, 2.75) is 32.0 Å². The first-order valence-electron chi connectivity index (χ1n) is 9.02. The van der Waals surface area contributed by atoms with E-state index in [1.54, 1.807) is 6.07 Å². The molecule has 2 aromatic rings. The van der Waals surface area contributed by atoms with Gasteiger partial charge in [0.25, 0.3) is 5.91 Å². The number of carbonyl (C=O) groups excluding carboxylic acids is 2. The number of halogens is 3. The summed E-state index contributed by atoms with van der Waals surface area (Å²) in [6.45, 7) is 3.00. The molecule has 1 fully saturated rings. The van der Waals surface area contributed by atoms with E-state index >= 15 is 0 Å². The summed E-state index contributed by atoms with van der Waals surface area (Å²) in [4.78, 5) is 26.4. The molecule has 7 nitrogen and oxygen atoms in total. The van der Waals surface area contributed by atoms with Crippen molar-refractivity contribution in [1.29, 1.82) is 0 Å². The van der Waals surface area contributed by atoms with Gasteiger partial charge in [0.05, 0.1) is 11.3 Å². The molecule has 0 radical (unpaired) electrons. The number of nitrogens with one attached hydrogen (secondary N) is 1. The molecular formula is C19H19F3N4O3. The number of aromatic nitrogens is 2. The lowest BCUT2D eigenvalue weighted by molar-refractivity contribution is -0.137. The minimum Gasteiger partial charge on any atom is -0.448 e. The molecule has 2 heterocycles. The molecule has 154 valence electrons. The first-order valence-corrected chi connectivity index (χ1v) is 9.02. The number of amides is 1. The predicted molar refractivity (Wildman–Crippen MR) is 98.4 cm³/mol. The topological polar surface area (TPSA) is 84.4 Å². The fourth-order valence-corrected chi connectivity index (χ4v) is 2.90. The number of benzene rings is 1. The van der Waals surface area contributed by atoms with Crippen molar-refractivity contribution in [3.8, 4) is 0 Å². The Balaban J connectivity index is 1.62. The van der Waals surface area contributed by atoms with Crippen LogP contribution in [0.1, 0.15) is 35.8 Å². The van der Waals surface area contributed by atoms with E-state index in [0.29, 0.717) is 5.82 Å². The van der Waals surface area contributed by atoms with Crippen LogP contribution in [0.3, 0.4) is 0 Å². The first-order chi connectivity index (χ1) is 13.8. The molecule has 1 aromatic carbocycles. The normalized spacial score (nSPS) is 15.1. The summed E-state index contributed by atoms with van der Waals surface area (Å²) in [5.41, 5.74) is -1.50. The Hall–Kier alpha value is -3.17. The van der Waals surface area contributed by atoms with Crippen LogP contribution in [-0.4, -0.2) is 41.3 Å². The summed E-state index contributed by atoms with van der Waals surface area (Å²) < 4.78 is 44.1. The van der Waals surface area contributed by atoms with Crippen LogP contribution < -0.4 is 10.2 Å². The van der Waals surface area contributed by atoms with Crippen LogP contribution in [0.2, 0.25) is 0 Å². The van der Waals surface area contributed by atoms with E-state index in [0.717, 1.165) is 38.1 Å². The highest BCUT2D eigenvalue weighted by Gasteiger charge is 2.34. The van der Waals surface area contributed by atoms with Crippen molar-refractivity contribution >= 4 is 23.4 Å². The van der Waals surface area contributed by atoms with Gasteiger partial charge in [0, 0.05) is 13.1 Å². The number of para-hydroxylation sites is 1. The lowest BCUT2D eigenvalue weighted by atomic mass is 10.1. The van der Waals surface area contributed by atoms with E-state index in [1.165, 1.54) is 25.1 Å². The Morgan fingerprint density at radius 2 is 1.79 bits per heavy atom. The molecule has 1 atom stereocenters. The van der Waals surface area contributed by atoms with Crippen LogP contribution >= 0.6 is 0 Å². The van der Waals surface area contributed by atoms with Gasteiger partial charge in [-0.3, -0.25) is 4.79 Å². The molecular weight excluding hydrogens is 389 g/mol. The minimum absolute atomic E-state index is 0.0942. The van der Waals surface area contributed by atoms with E-state index in [1.807, 2.05) is 4.90 Å². The maximum atomic E-state index is 13.0. The molecule has 1 amide bonds. The molecule has 0 aliphatic carbocycles. The summed E-state index contributed by atoms with van der Waals surface area (Å²) in [5, 5.41) is 9.95. The van der Waals surface area contributed by atoms with Crippen LogP contribution in [0, 0.1) is 0 Å². The van der Waals surface area contributed by atoms with Crippen molar-refractivity contribution in [3.05, 3.63) is 47.7 Å². The highest BCUT2D eigenvalue weighted by Crippen LogP contribution is 2.34. The third-order valence-corrected chi connectivity index (χ3v) is 4.43. The van der Waals surface area contributed by atoms with Gasteiger partial charge in [-0.1, -0.05) is 12.1 Å². The van der Waals surface area contributed by atoms with E-state index in [-0.39, 0.29) is 5.69 Å². The van der Waals surface area contributed by atoms with Crippen LogP contribution in [0.25, 0.3) is 0 Å². The maximum absolute atomic E-state index is 13.0. The average molecular weight is 408 g/mol. The van der Waals surface area contributed by atoms with Gasteiger partial charge in [-0.25, -0.2) is 4.79 Å². The van der Waals surface area contributed by atoms with Gasteiger partial charge < -0.3 is 15.0 Å². The zero-order chi connectivity index (χ0) is 21.0. The second-order valence-corrected chi connectivity index (χ2v) is 6.55. The maximum Gasteiger partial charge on any atom is 0.418 e. The predicted octanol–water partition coefficient (Wildman–Crippen LogP) is 3.28. The summed E-state index contributed by atoms with van der Waals surface area (Å²) >= 11 is 0. The van der Waals surface area contributed by atoms with Crippen LogP contribution in [0.15, 0.2) is 36.4 Å². The van der Waals surface area contributed by atoms with Crippen LogP contribution in [0.4, 0.5) is 24.7 Å². The Morgan fingerprint density at radius 1 is 1.10 bits per heavy atom. The van der Waals surface area contributed by atoms with Gasteiger partial charge in [-0.2, -0.15) is 13.2 Å². The van der Waals surface area contributed by atoms with E-state index < -0.39 is 35.4 Å². The highest BCUT2D eigenvalue weighted by atomic mass is 19.4. The number of alkyl halides is 3. The van der Waals surface area contributed by atoms with Crippen LogP contribution in [0.5, 0.6) is 0 Å². The number of ether oxygens (including phenoxy) is 1. The quantitative estimate of drug-likeness (QED) is 0.765. The average Bonchev–Trinajstić information content (AvgIpc) is 3.22. The molecule has 1 saturated heterocycles. The Labute approximate surface area is 164 Å². The number of anilines is 2. The third kappa shape index (κ3) is 5.01. The molecule has 0 saturated carbocycles. The summed E-state index contributed by atoms with van der Waals surface area (Å²) in [5.74, 6) is -1.14. The van der Waals surface area contributed by atoms with Crippen molar-refractivity contribution in [2.75, 3.05) is 23.3 Å². The fourth-order valence-electron chi connectivity index (χ4n) is 2.90. The van der Waals surface area contributed by atoms with Gasteiger partial charge in [0.15, 0.2) is 17.6 Å². The zero-order valence-corrected chi connectivity index (χ0v) is 15.6. The standard InChI is InChI=1S/C19H19F3N4O3/c1-12(17(27)23-14-7-3-2-6-13(14)19(20,21)22)29-18(28)15-8-9-16(25-24-15)26-10-4-5-11-26/h2-3,6-9,12H,4-5,10-11H2,1H3,(H,23,27). The largest absolute Gasteiger partial charge is 0.448 e. The monoisotopic (exact) mass is 408 g/mol. The number of esters is 1. The zero-order valence-electron chi connectivity index (χ0n) is 15.6. The highest BCUT2D eigenvalue weighted by molar-refractivity contribution is 5.97. The molecule has 1 aliphatic rings. The SMILES string of the molecule is CC(OC(=O)c1ccc(N2CCCC2)nn1)C(=O)Nc1ccccc1C(F)(F)F. The fraction of sp³-hybridized carbons (Fsp3) is 0.368. The van der Waals surface area contributed by atoms with Gasteiger partial charge in [0.2, 0.25) is 0 Å². The summed E-state index contributed by atoms with van der Waals surface area (Å²) in [6, 6.07) is 7.62. The molecule has 0 spiro atoms. The minimum atomic E-state index is -4.63. The van der Waals surface area contributed by atoms with Crippen molar-refractivity contribution in [2.24, 2.45) is 0 Å². The number of carbonyl (C=O) groups is 2. The Morgan fingerprint density at radius 3 is 2.41 bits per heavy atom. The van der Waals surface area contributed by atoms with Gasteiger partial charge in [-0.05, 0) is 44.0 Å². The number of hydrogen-bond donors (Lipinski definition) is 1. The smallest absolute Gasteiger partial charge is 0.418 e. The van der Waals surface area contributed by atoms with Gasteiger partial charge >= 0.3 is 12.1 Å². The van der Waals surface area contributed by atoms with E-state index in [9.17, 15) is 22.8 Å². The second kappa shape index (κ2) is 8.46. The lowest BCUT2D eigenvalue weighted by Crippen LogP contribution is -2.31. The Kier molecular flexibility index (Phi) is 6.00. The second-order valence-electron chi connectivity index (χ2n) is 6.55. The molecule has 3 rings (SSSR count). The van der Waals surface area contributed by atoms with Crippen molar-refractivity contribution in [3.63, 3.8) is 0 Å². The first kappa shape index (κ1) is 20.6. The molecule has 1 aromatic heterocycles. The number of nitrogens with zero attached hydrogens (tertiary/aromatic N) is 3. The van der Waals surface area contributed by atoms with Gasteiger partial charge in [-0.15, -0.1) is 10.2 Å². The van der Waals surface area contributed by atoms with E-state index in [2.05, 4.69) is 15.5 Å². The van der Waals surface area contributed by atoms with Gasteiger partial charge in [0.1, 0.15) is 0 Å². The Bertz CT molecular complexity index is 881. The van der Waals surface area contributed by atoms with Crippen molar-refractivity contribution < 1.29 is 27.5 Å². The van der Waals surface area contributed by atoms with E-state index in [4.69, 9.17) is 4.74 Å². The molecule has 1 unspecified atom stereocenters. The number of hydrogen-bond acceptors (Lipinski definition) is 6. The number of rotatable bonds is 5. The molecule has 29 heavy (non-hydrogen) atoms. The van der Waals surface area contributed by atoms with Crippen molar-refractivity contribution in [1.82, 2.24) is 10.2 Å². The third-order valence-electron chi connectivity index (χ3n) is 4.43. The summed E-state index contributed by atoms with van der Waals surface area (Å²) in [6.07, 6.45) is -3.83. The molecule has 0 bridgehead atoms. The van der Waals surface area contributed by atoms with Crippen LogP contribution in [-0.2, 0) is 15.7 Å².